The molecule has 0 saturated carbocycles. The van der Waals surface area contributed by atoms with E-state index in [0.717, 1.165) is 6.08 Å². The summed E-state index contributed by atoms with van der Waals surface area (Å²) < 4.78 is 26.3. The van der Waals surface area contributed by atoms with Crippen LogP contribution in [-0.2, 0) is 38.1 Å². The van der Waals surface area contributed by atoms with Crippen LogP contribution < -0.4 is 22.1 Å². The standard InChI is InChI=1S/C24H39N5O11/c1-3-5-36-7-9-38-11-12-39-10-8-37-6-4-19(32)27-14-17(31)21(33)22-20(28-15(2)30)16(29-24(25)26)13-18(40-22)23(34)35/h1,13,16-17,20-22,31,33H,4-12,14H2,2H3,(H,27,32)(H,28,30)(H,34,35)(H4,25,26,29)/t16-,17+,20?,21+,22+/m0/s1. The second-order valence-corrected chi connectivity index (χ2v) is 8.40. The summed E-state index contributed by atoms with van der Waals surface area (Å²) in [6, 6.07) is -2.24. The molecule has 1 rings (SSSR count). The Morgan fingerprint density at radius 1 is 1.07 bits per heavy atom. The van der Waals surface area contributed by atoms with Crippen LogP contribution in [0, 0.1) is 12.3 Å². The van der Waals surface area contributed by atoms with Crippen LogP contribution in [0.15, 0.2) is 16.8 Å². The van der Waals surface area contributed by atoms with Gasteiger partial charge in [-0.2, -0.15) is 0 Å². The van der Waals surface area contributed by atoms with Crippen molar-refractivity contribution >= 4 is 23.7 Å². The van der Waals surface area contributed by atoms with E-state index in [-0.39, 0.29) is 26.2 Å². The van der Waals surface area contributed by atoms with Gasteiger partial charge >= 0.3 is 5.97 Å². The molecule has 0 aromatic carbocycles. The SMILES string of the molecule is C#CCOCCOCCOCCOCCC(=O)NC[C@@H](O)[C@@H](O)[C@@H]1OC(C(=O)O)=C[C@H](N=C(N)N)C1NC(C)=O. The second-order valence-electron chi connectivity index (χ2n) is 8.40. The van der Waals surface area contributed by atoms with Crippen molar-refractivity contribution in [2.75, 3.05) is 59.4 Å². The number of nitrogens with two attached hydrogens (primary N) is 2. The summed E-state index contributed by atoms with van der Waals surface area (Å²) in [4.78, 5) is 39.2. The Hall–Kier alpha value is -3.46. The molecule has 0 fully saturated rings. The van der Waals surface area contributed by atoms with Crippen LogP contribution in [-0.4, -0.2) is 129 Å². The van der Waals surface area contributed by atoms with Crippen LogP contribution >= 0.6 is 0 Å². The van der Waals surface area contributed by atoms with Gasteiger partial charge in [0, 0.05) is 19.9 Å². The van der Waals surface area contributed by atoms with E-state index in [1.165, 1.54) is 6.92 Å². The molecule has 2 amide bonds. The third-order valence-corrected chi connectivity index (χ3v) is 5.20. The molecule has 0 aromatic heterocycles. The zero-order chi connectivity index (χ0) is 29.9. The highest BCUT2D eigenvalue weighted by Gasteiger charge is 2.43. The number of terminal acetylenes is 1. The maximum absolute atomic E-state index is 12.1. The molecule has 40 heavy (non-hydrogen) atoms. The van der Waals surface area contributed by atoms with Gasteiger partial charge < -0.3 is 61.1 Å². The predicted molar refractivity (Wildman–Crippen MR) is 140 cm³/mol. The first-order valence-corrected chi connectivity index (χ1v) is 12.4. The molecule has 1 unspecified atom stereocenters. The van der Waals surface area contributed by atoms with Gasteiger partial charge in [0.1, 0.15) is 24.9 Å². The highest BCUT2D eigenvalue weighted by molar-refractivity contribution is 5.85. The normalized spacial score (nSPS) is 19.8. The third-order valence-electron chi connectivity index (χ3n) is 5.20. The van der Waals surface area contributed by atoms with Crippen molar-refractivity contribution in [2.24, 2.45) is 16.5 Å². The topological polar surface area (TPSA) is 247 Å². The number of carboxylic acids is 1. The van der Waals surface area contributed by atoms with Crippen LogP contribution in [0.5, 0.6) is 0 Å². The number of nitrogens with one attached hydrogen (secondary N) is 2. The number of aliphatic carboxylic acids is 1. The number of carboxylic acid groups (broad SMARTS) is 1. The molecule has 0 spiro atoms. The number of amides is 2. The van der Waals surface area contributed by atoms with Crippen LogP contribution in [0.3, 0.4) is 0 Å². The van der Waals surface area contributed by atoms with Gasteiger partial charge in [0.2, 0.25) is 17.6 Å². The molecule has 5 atom stereocenters. The molecule has 0 aromatic rings. The zero-order valence-electron chi connectivity index (χ0n) is 22.3. The maximum atomic E-state index is 12.1. The lowest BCUT2D eigenvalue weighted by Gasteiger charge is -2.38. The van der Waals surface area contributed by atoms with E-state index in [9.17, 15) is 29.7 Å². The Morgan fingerprint density at radius 2 is 1.65 bits per heavy atom. The van der Waals surface area contributed by atoms with Gasteiger partial charge in [0.25, 0.3) is 0 Å². The number of aliphatic imine (C=N–C) groups is 1. The van der Waals surface area contributed by atoms with E-state index in [2.05, 4.69) is 21.5 Å². The fourth-order valence-corrected chi connectivity index (χ4v) is 3.41. The summed E-state index contributed by atoms with van der Waals surface area (Å²) >= 11 is 0. The van der Waals surface area contributed by atoms with Crippen molar-refractivity contribution in [2.45, 2.75) is 43.7 Å². The van der Waals surface area contributed by atoms with E-state index < -0.39 is 66.4 Å². The van der Waals surface area contributed by atoms with Gasteiger partial charge in [-0.05, 0) is 6.08 Å². The number of hydrogen-bond acceptors (Lipinski definition) is 11. The summed E-state index contributed by atoms with van der Waals surface area (Å²) in [7, 11) is 0. The number of carbonyl (C=O) groups excluding carboxylic acids is 2. The van der Waals surface area contributed by atoms with Crippen LogP contribution in [0.1, 0.15) is 13.3 Å². The quantitative estimate of drug-likeness (QED) is 0.0323. The van der Waals surface area contributed by atoms with Crippen molar-refractivity contribution in [3.8, 4) is 12.3 Å². The molecule has 0 bridgehead atoms. The number of nitrogens with zero attached hydrogens (tertiary/aromatic N) is 1. The van der Waals surface area contributed by atoms with Gasteiger partial charge in [-0.15, -0.1) is 6.42 Å². The molecule has 1 heterocycles. The molecule has 16 nitrogen and oxygen atoms in total. The molecule has 16 heteroatoms. The largest absolute Gasteiger partial charge is 0.478 e. The minimum atomic E-state index is -1.75. The van der Waals surface area contributed by atoms with Crippen molar-refractivity contribution in [1.29, 1.82) is 0 Å². The smallest absolute Gasteiger partial charge is 0.370 e. The van der Waals surface area contributed by atoms with Crippen molar-refractivity contribution < 1.29 is 53.4 Å². The van der Waals surface area contributed by atoms with Gasteiger partial charge in [-0.1, -0.05) is 5.92 Å². The van der Waals surface area contributed by atoms with Gasteiger partial charge in [0.15, 0.2) is 5.96 Å². The summed E-state index contributed by atoms with van der Waals surface area (Å²) in [6.45, 7) is 3.22. The Labute approximate surface area is 232 Å². The van der Waals surface area contributed by atoms with E-state index >= 15 is 0 Å². The predicted octanol–water partition coefficient (Wildman–Crippen LogP) is -3.57. The molecular formula is C24H39N5O11. The fourth-order valence-electron chi connectivity index (χ4n) is 3.41. The Kier molecular flexibility index (Phi) is 16.9. The van der Waals surface area contributed by atoms with E-state index in [4.69, 9.17) is 41.6 Å². The first kappa shape index (κ1) is 34.6. The second kappa shape index (κ2) is 19.6. The molecule has 9 N–H and O–H groups in total. The Morgan fingerprint density at radius 3 is 2.17 bits per heavy atom. The van der Waals surface area contributed by atoms with Gasteiger partial charge in [-0.3, -0.25) is 9.59 Å². The molecule has 0 aliphatic carbocycles. The number of rotatable bonds is 20. The zero-order valence-corrected chi connectivity index (χ0v) is 22.3. The van der Waals surface area contributed by atoms with Crippen LogP contribution in [0.25, 0.3) is 0 Å². The number of carbonyl (C=O) groups is 3. The van der Waals surface area contributed by atoms with E-state index in [0.29, 0.717) is 33.0 Å². The van der Waals surface area contributed by atoms with Crippen LogP contribution in [0.2, 0.25) is 0 Å². The number of hydrogen-bond donors (Lipinski definition) is 7. The van der Waals surface area contributed by atoms with Gasteiger partial charge in [0.05, 0.1) is 58.3 Å². The van der Waals surface area contributed by atoms with Crippen molar-refractivity contribution in [3.63, 3.8) is 0 Å². The number of ether oxygens (including phenoxy) is 5. The van der Waals surface area contributed by atoms with Gasteiger partial charge in [-0.25, -0.2) is 9.79 Å². The highest BCUT2D eigenvalue weighted by Crippen LogP contribution is 2.24. The molecule has 1 aliphatic rings. The summed E-state index contributed by atoms with van der Waals surface area (Å²) in [5, 5.41) is 35.5. The number of aliphatic hydroxyl groups is 2. The molecule has 226 valence electrons. The Balaban J connectivity index is 2.42. The minimum Gasteiger partial charge on any atom is -0.478 e. The Bertz CT molecular complexity index is 904. The average molecular weight is 574 g/mol. The maximum Gasteiger partial charge on any atom is 0.370 e. The minimum absolute atomic E-state index is 0.0313. The molecule has 0 radical (unpaired) electrons. The van der Waals surface area contributed by atoms with Crippen molar-refractivity contribution in [1.82, 2.24) is 10.6 Å². The van der Waals surface area contributed by atoms with E-state index in [1.807, 2.05) is 0 Å². The summed E-state index contributed by atoms with van der Waals surface area (Å²) in [5.74, 6) is -1.13. The summed E-state index contributed by atoms with van der Waals surface area (Å²) in [6.07, 6.45) is 1.28. The van der Waals surface area contributed by atoms with Crippen molar-refractivity contribution in [3.05, 3.63) is 11.8 Å². The average Bonchev–Trinajstić information content (AvgIpc) is 2.89. The first-order chi connectivity index (χ1) is 19.1. The first-order valence-electron chi connectivity index (χ1n) is 12.4. The van der Waals surface area contributed by atoms with E-state index in [1.54, 1.807) is 0 Å². The molecule has 1 aliphatic heterocycles. The molecule has 0 saturated heterocycles. The highest BCUT2D eigenvalue weighted by atomic mass is 16.6. The summed E-state index contributed by atoms with van der Waals surface area (Å²) in [5.41, 5.74) is 10.8. The number of aliphatic hydroxyl groups excluding tert-OH is 2. The fraction of sp³-hybridized carbons (Fsp3) is 0.667. The molecular weight excluding hydrogens is 534 g/mol. The number of guanidine groups is 1. The third kappa shape index (κ3) is 14.1. The van der Waals surface area contributed by atoms with Crippen LogP contribution in [0.4, 0.5) is 0 Å². The monoisotopic (exact) mass is 573 g/mol. The lowest BCUT2D eigenvalue weighted by atomic mass is 9.92. The lowest BCUT2D eigenvalue weighted by molar-refractivity contribution is -0.144. The lowest BCUT2D eigenvalue weighted by Crippen LogP contribution is -2.60.